The highest BCUT2D eigenvalue weighted by Crippen LogP contribution is 2.53. The van der Waals surface area contributed by atoms with Crippen molar-refractivity contribution in [2.45, 2.75) is 52.2 Å². The maximum Gasteiger partial charge on any atom is 0.142 e. The molecule has 1 saturated carbocycles. The Labute approximate surface area is 96.2 Å². The molecule has 2 aliphatic rings. The second-order valence-electron chi connectivity index (χ2n) is 5.86. The first kappa shape index (κ1) is 11.8. The number of carbonyl (C=O) groups excluding carboxylic acids is 1. The summed E-state index contributed by atoms with van der Waals surface area (Å²) in [6.45, 7) is 5.79. The lowest BCUT2D eigenvalue weighted by atomic mass is 9.55. The standard InChI is InChI=1S/C13H20O3/c1-12(2)9-6-8(14)7-11(16)13(9,3)5-4-10(12)15/h6,8,11,14,16H,4-5,7H2,1-3H3. The van der Waals surface area contributed by atoms with E-state index in [9.17, 15) is 15.0 Å². The largest absolute Gasteiger partial charge is 0.392 e. The average molecular weight is 224 g/mol. The molecular formula is C13H20O3. The minimum Gasteiger partial charge on any atom is -0.392 e. The van der Waals surface area contributed by atoms with Crippen molar-refractivity contribution in [1.82, 2.24) is 0 Å². The van der Waals surface area contributed by atoms with Crippen LogP contribution in [0.1, 0.15) is 40.0 Å². The number of aliphatic hydroxyl groups excluding tert-OH is 2. The van der Waals surface area contributed by atoms with Gasteiger partial charge >= 0.3 is 0 Å². The van der Waals surface area contributed by atoms with E-state index < -0.39 is 17.6 Å². The molecule has 3 atom stereocenters. The van der Waals surface area contributed by atoms with Gasteiger partial charge in [0.05, 0.1) is 12.2 Å². The van der Waals surface area contributed by atoms with Crippen molar-refractivity contribution in [2.24, 2.45) is 10.8 Å². The SMILES string of the molecule is CC1(C)C(=O)CCC2(C)C1=CC(O)CC2O. The summed E-state index contributed by atoms with van der Waals surface area (Å²) in [5.41, 5.74) is 0.0361. The number of carbonyl (C=O) groups is 1. The molecule has 0 aromatic carbocycles. The molecule has 0 heterocycles. The third kappa shape index (κ3) is 1.45. The van der Waals surface area contributed by atoms with E-state index in [1.165, 1.54) is 0 Å². The molecule has 2 N–H and O–H groups in total. The number of rotatable bonds is 0. The second kappa shape index (κ2) is 3.41. The van der Waals surface area contributed by atoms with E-state index in [1.807, 2.05) is 20.8 Å². The third-order valence-corrected chi connectivity index (χ3v) is 4.42. The topological polar surface area (TPSA) is 57.5 Å². The molecule has 0 spiro atoms. The normalized spacial score (nSPS) is 42.6. The first-order valence-corrected chi connectivity index (χ1v) is 5.90. The molecule has 3 unspecified atom stereocenters. The van der Waals surface area contributed by atoms with Crippen molar-refractivity contribution in [3.8, 4) is 0 Å². The van der Waals surface area contributed by atoms with E-state index in [2.05, 4.69) is 0 Å². The van der Waals surface area contributed by atoms with Crippen molar-refractivity contribution >= 4 is 5.78 Å². The highest BCUT2D eigenvalue weighted by atomic mass is 16.3. The molecule has 2 aliphatic carbocycles. The van der Waals surface area contributed by atoms with Gasteiger partial charge in [-0.2, -0.15) is 0 Å². The maximum atomic E-state index is 11.9. The molecular weight excluding hydrogens is 204 g/mol. The van der Waals surface area contributed by atoms with Crippen LogP contribution in [-0.4, -0.2) is 28.2 Å². The summed E-state index contributed by atoms with van der Waals surface area (Å²) in [5, 5.41) is 19.8. The minimum absolute atomic E-state index is 0.206. The zero-order chi connectivity index (χ0) is 12.1. The van der Waals surface area contributed by atoms with Gasteiger partial charge in [-0.3, -0.25) is 4.79 Å². The second-order valence-corrected chi connectivity index (χ2v) is 5.86. The van der Waals surface area contributed by atoms with E-state index in [0.29, 0.717) is 19.3 Å². The number of ketones is 1. The molecule has 0 saturated heterocycles. The Morgan fingerprint density at radius 1 is 1.31 bits per heavy atom. The molecule has 3 nitrogen and oxygen atoms in total. The van der Waals surface area contributed by atoms with Crippen LogP contribution in [0.15, 0.2) is 11.6 Å². The van der Waals surface area contributed by atoms with E-state index in [-0.39, 0.29) is 11.2 Å². The van der Waals surface area contributed by atoms with Crippen LogP contribution in [-0.2, 0) is 4.79 Å². The van der Waals surface area contributed by atoms with E-state index >= 15 is 0 Å². The van der Waals surface area contributed by atoms with Gasteiger partial charge in [-0.1, -0.05) is 18.6 Å². The fourth-order valence-electron chi connectivity index (χ4n) is 3.18. The lowest BCUT2D eigenvalue weighted by Gasteiger charge is -2.50. The van der Waals surface area contributed by atoms with Crippen molar-refractivity contribution in [1.29, 1.82) is 0 Å². The van der Waals surface area contributed by atoms with Crippen molar-refractivity contribution in [2.75, 3.05) is 0 Å². The average Bonchev–Trinajstić information content (AvgIpc) is 2.18. The van der Waals surface area contributed by atoms with Gasteiger partial charge in [-0.25, -0.2) is 0 Å². The Morgan fingerprint density at radius 3 is 2.56 bits per heavy atom. The zero-order valence-corrected chi connectivity index (χ0v) is 10.2. The molecule has 3 heteroatoms. The summed E-state index contributed by atoms with van der Waals surface area (Å²) in [6, 6.07) is 0. The fourth-order valence-corrected chi connectivity index (χ4v) is 3.18. The quantitative estimate of drug-likeness (QED) is 0.612. The highest BCUT2D eigenvalue weighted by molar-refractivity contribution is 5.89. The number of fused-ring (bicyclic) bond motifs is 1. The van der Waals surface area contributed by atoms with Crippen LogP contribution in [0.2, 0.25) is 0 Å². The van der Waals surface area contributed by atoms with Crippen molar-refractivity contribution < 1.29 is 15.0 Å². The van der Waals surface area contributed by atoms with Crippen LogP contribution in [0.5, 0.6) is 0 Å². The number of aliphatic hydroxyl groups is 2. The smallest absolute Gasteiger partial charge is 0.142 e. The predicted octanol–water partition coefficient (Wildman–Crippen LogP) is 1.43. The summed E-state index contributed by atoms with van der Waals surface area (Å²) in [6.07, 6.45) is 2.20. The molecule has 16 heavy (non-hydrogen) atoms. The van der Waals surface area contributed by atoms with E-state index in [1.54, 1.807) is 6.08 Å². The monoisotopic (exact) mass is 224 g/mol. The van der Waals surface area contributed by atoms with Crippen LogP contribution in [0, 0.1) is 10.8 Å². The molecule has 90 valence electrons. The Hall–Kier alpha value is -0.670. The zero-order valence-electron chi connectivity index (χ0n) is 10.2. The number of Topliss-reactive ketones (excluding diaryl/α,β-unsaturated/α-hetero) is 1. The van der Waals surface area contributed by atoms with Gasteiger partial charge in [0.15, 0.2) is 0 Å². The first-order valence-electron chi connectivity index (χ1n) is 5.90. The Morgan fingerprint density at radius 2 is 1.94 bits per heavy atom. The van der Waals surface area contributed by atoms with Crippen LogP contribution in [0.3, 0.4) is 0 Å². The Bertz CT molecular complexity index is 356. The third-order valence-electron chi connectivity index (χ3n) is 4.42. The molecule has 0 aromatic rings. The van der Waals surface area contributed by atoms with Gasteiger partial charge in [0, 0.05) is 23.7 Å². The summed E-state index contributed by atoms with van der Waals surface area (Å²) in [7, 11) is 0. The van der Waals surface area contributed by atoms with Gasteiger partial charge in [-0.05, 0) is 20.3 Å². The highest BCUT2D eigenvalue weighted by Gasteiger charge is 2.51. The minimum atomic E-state index is -0.622. The molecule has 0 aliphatic heterocycles. The van der Waals surface area contributed by atoms with E-state index in [0.717, 1.165) is 5.57 Å². The lowest BCUT2D eigenvalue weighted by molar-refractivity contribution is -0.131. The van der Waals surface area contributed by atoms with Gasteiger partial charge in [0.2, 0.25) is 0 Å². The predicted molar refractivity (Wildman–Crippen MR) is 60.8 cm³/mol. The fraction of sp³-hybridized carbons (Fsp3) is 0.769. The first-order chi connectivity index (χ1) is 7.28. The summed E-state index contributed by atoms with van der Waals surface area (Å²) < 4.78 is 0. The summed E-state index contributed by atoms with van der Waals surface area (Å²) >= 11 is 0. The number of hydrogen-bond donors (Lipinski definition) is 2. The molecule has 1 fully saturated rings. The Balaban J connectivity index is 2.51. The van der Waals surface area contributed by atoms with Gasteiger partial charge in [0.1, 0.15) is 5.78 Å². The lowest BCUT2D eigenvalue weighted by Crippen LogP contribution is -2.50. The van der Waals surface area contributed by atoms with Crippen LogP contribution >= 0.6 is 0 Å². The van der Waals surface area contributed by atoms with Gasteiger partial charge in [-0.15, -0.1) is 0 Å². The Kier molecular flexibility index (Phi) is 2.52. The molecule has 0 radical (unpaired) electrons. The van der Waals surface area contributed by atoms with Crippen molar-refractivity contribution in [3.63, 3.8) is 0 Å². The van der Waals surface area contributed by atoms with Gasteiger partial charge < -0.3 is 10.2 Å². The van der Waals surface area contributed by atoms with Crippen LogP contribution < -0.4 is 0 Å². The van der Waals surface area contributed by atoms with Gasteiger partial charge in [0.25, 0.3) is 0 Å². The molecule has 0 bridgehead atoms. The van der Waals surface area contributed by atoms with Crippen molar-refractivity contribution in [3.05, 3.63) is 11.6 Å². The molecule has 0 aromatic heterocycles. The summed E-state index contributed by atoms with van der Waals surface area (Å²) in [4.78, 5) is 11.9. The van der Waals surface area contributed by atoms with Crippen LogP contribution in [0.4, 0.5) is 0 Å². The molecule has 0 amide bonds. The van der Waals surface area contributed by atoms with Crippen LogP contribution in [0.25, 0.3) is 0 Å². The summed E-state index contributed by atoms with van der Waals surface area (Å²) in [5.74, 6) is 0.206. The number of hydrogen-bond acceptors (Lipinski definition) is 3. The van der Waals surface area contributed by atoms with E-state index in [4.69, 9.17) is 0 Å². The maximum absolute atomic E-state index is 11.9. The molecule has 2 rings (SSSR count).